The minimum Gasteiger partial charge on any atom is -0.323 e. The molecule has 2 heterocycles. The Morgan fingerprint density at radius 1 is 1.33 bits per heavy atom. The maximum Gasteiger partial charge on any atom is 0.241 e. The van der Waals surface area contributed by atoms with Crippen molar-refractivity contribution in [3.05, 3.63) is 36.8 Å². The predicted molar refractivity (Wildman–Crippen MR) is 96.4 cm³/mol. The van der Waals surface area contributed by atoms with Crippen molar-refractivity contribution in [2.45, 2.75) is 44.6 Å². The van der Waals surface area contributed by atoms with Gasteiger partial charge in [0.1, 0.15) is 0 Å². The molecule has 1 amide bonds. The van der Waals surface area contributed by atoms with Crippen molar-refractivity contribution >= 4 is 24.0 Å². The van der Waals surface area contributed by atoms with E-state index in [0.29, 0.717) is 17.4 Å². The monoisotopic (exact) mass is 349 g/mol. The van der Waals surface area contributed by atoms with Crippen LogP contribution in [0.4, 0.5) is 5.69 Å². The highest BCUT2D eigenvalue weighted by molar-refractivity contribution is 5.94. The van der Waals surface area contributed by atoms with Gasteiger partial charge >= 0.3 is 0 Å². The second-order valence-corrected chi connectivity index (χ2v) is 6.19. The van der Waals surface area contributed by atoms with Gasteiger partial charge in [-0.15, -0.1) is 12.4 Å². The Morgan fingerprint density at radius 3 is 2.75 bits per heavy atom. The summed E-state index contributed by atoms with van der Waals surface area (Å²) in [5, 5.41) is 6.96. The number of nitrogens with one attached hydrogen (secondary N) is 1. The average molecular weight is 350 g/mol. The zero-order valence-corrected chi connectivity index (χ0v) is 14.4. The van der Waals surface area contributed by atoms with E-state index in [1.807, 2.05) is 24.4 Å². The van der Waals surface area contributed by atoms with Crippen molar-refractivity contribution in [2.24, 2.45) is 11.7 Å². The molecule has 0 radical (unpaired) electrons. The van der Waals surface area contributed by atoms with Crippen molar-refractivity contribution in [3.8, 4) is 5.82 Å². The molecule has 1 saturated carbocycles. The minimum absolute atomic E-state index is 0. The van der Waals surface area contributed by atoms with Crippen LogP contribution in [0.3, 0.4) is 0 Å². The third-order valence-corrected chi connectivity index (χ3v) is 4.40. The van der Waals surface area contributed by atoms with Crippen LogP contribution >= 0.6 is 12.4 Å². The fraction of sp³-hybridized carbons (Fsp3) is 0.471. The van der Waals surface area contributed by atoms with Gasteiger partial charge in [-0.25, -0.2) is 9.67 Å². The molecular formula is C17H24ClN5O. The second-order valence-electron chi connectivity index (χ2n) is 6.19. The third-order valence-electron chi connectivity index (χ3n) is 4.40. The van der Waals surface area contributed by atoms with E-state index >= 15 is 0 Å². The van der Waals surface area contributed by atoms with Gasteiger partial charge in [-0.1, -0.05) is 32.1 Å². The van der Waals surface area contributed by atoms with E-state index in [4.69, 9.17) is 5.73 Å². The summed E-state index contributed by atoms with van der Waals surface area (Å²) < 4.78 is 1.67. The lowest BCUT2D eigenvalue weighted by molar-refractivity contribution is -0.117. The quantitative estimate of drug-likeness (QED) is 0.869. The van der Waals surface area contributed by atoms with E-state index in [1.165, 1.54) is 32.1 Å². The van der Waals surface area contributed by atoms with Crippen molar-refractivity contribution in [1.82, 2.24) is 14.8 Å². The number of pyridine rings is 1. The topological polar surface area (TPSA) is 85.8 Å². The Kier molecular flexibility index (Phi) is 6.75. The Balaban J connectivity index is 0.00000208. The molecule has 0 spiro atoms. The summed E-state index contributed by atoms with van der Waals surface area (Å²) in [6.45, 7) is 0. The van der Waals surface area contributed by atoms with Crippen LogP contribution < -0.4 is 11.1 Å². The van der Waals surface area contributed by atoms with Crippen LogP contribution in [-0.2, 0) is 4.79 Å². The molecular weight excluding hydrogens is 326 g/mol. The molecule has 0 aromatic carbocycles. The standard InChI is InChI=1S/C17H23N5O.ClH/c18-15(11-13-5-2-1-3-6-13)17(23)21-14-7-8-16(19-12-14)22-10-4-9-20-22;/h4,7-10,12-13,15H,1-3,5-6,11,18H2,(H,21,23);1H. The third kappa shape index (κ3) is 4.79. The van der Waals surface area contributed by atoms with Crippen LogP contribution in [0.2, 0.25) is 0 Å². The van der Waals surface area contributed by atoms with Gasteiger partial charge in [0.15, 0.2) is 5.82 Å². The number of amides is 1. The van der Waals surface area contributed by atoms with Crippen LogP contribution in [0, 0.1) is 5.92 Å². The highest BCUT2D eigenvalue weighted by Gasteiger charge is 2.21. The van der Waals surface area contributed by atoms with Crippen molar-refractivity contribution in [2.75, 3.05) is 5.32 Å². The summed E-state index contributed by atoms with van der Waals surface area (Å²) in [5.74, 6) is 1.16. The largest absolute Gasteiger partial charge is 0.323 e. The summed E-state index contributed by atoms with van der Waals surface area (Å²) in [5.41, 5.74) is 6.71. The van der Waals surface area contributed by atoms with E-state index in [2.05, 4.69) is 15.4 Å². The Morgan fingerprint density at radius 2 is 2.12 bits per heavy atom. The number of nitrogens with two attached hydrogens (primary N) is 1. The van der Waals surface area contributed by atoms with Crippen molar-refractivity contribution in [1.29, 1.82) is 0 Å². The number of halogens is 1. The molecule has 1 unspecified atom stereocenters. The number of carbonyl (C=O) groups excluding carboxylic acids is 1. The van der Waals surface area contributed by atoms with Crippen molar-refractivity contribution < 1.29 is 4.79 Å². The molecule has 24 heavy (non-hydrogen) atoms. The van der Waals surface area contributed by atoms with Gasteiger partial charge in [0.05, 0.1) is 17.9 Å². The van der Waals surface area contributed by atoms with Gasteiger partial charge < -0.3 is 11.1 Å². The molecule has 3 N–H and O–H groups in total. The molecule has 1 aliphatic rings. The molecule has 1 atom stereocenters. The van der Waals surface area contributed by atoms with Crippen LogP contribution in [-0.4, -0.2) is 26.7 Å². The SMILES string of the molecule is Cl.NC(CC1CCCCC1)C(=O)Nc1ccc(-n2cccn2)nc1. The van der Waals surface area contributed by atoms with Gasteiger partial charge in [-0.05, 0) is 30.5 Å². The van der Waals surface area contributed by atoms with Gasteiger partial charge in [0.2, 0.25) is 5.91 Å². The van der Waals surface area contributed by atoms with Crippen LogP contribution in [0.5, 0.6) is 0 Å². The zero-order valence-electron chi connectivity index (χ0n) is 13.6. The summed E-state index contributed by atoms with van der Waals surface area (Å²) in [7, 11) is 0. The van der Waals surface area contributed by atoms with E-state index in [1.54, 1.807) is 17.1 Å². The molecule has 2 aromatic heterocycles. The smallest absolute Gasteiger partial charge is 0.241 e. The van der Waals surface area contributed by atoms with Crippen molar-refractivity contribution in [3.63, 3.8) is 0 Å². The van der Waals surface area contributed by atoms with E-state index in [0.717, 1.165) is 6.42 Å². The molecule has 0 bridgehead atoms. The van der Waals surface area contributed by atoms with E-state index in [9.17, 15) is 4.79 Å². The highest BCUT2D eigenvalue weighted by atomic mass is 35.5. The number of hydrogen-bond acceptors (Lipinski definition) is 4. The molecule has 2 aromatic rings. The fourth-order valence-electron chi connectivity index (χ4n) is 3.12. The lowest BCUT2D eigenvalue weighted by Crippen LogP contribution is -2.37. The average Bonchev–Trinajstić information content (AvgIpc) is 3.11. The molecule has 1 aliphatic carbocycles. The first-order chi connectivity index (χ1) is 11.2. The van der Waals surface area contributed by atoms with E-state index < -0.39 is 6.04 Å². The molecule has 3 rings (SSSR count). The molecule has 1 fully saturated rings. The Hall–Kier alpha value is -1.92. The van der Waals surface area contributed by atoms with Gasteiger partial charge in [-0.2, -0.15) is 5.10 Å². The Labute approximate surface area is 148 Å². The lowest BCUT2D eigenvalue weighted by Gasteiger charge is -2.24. The molecule has 6 nitrogen and oxygen atoms in total. The first-order valence-corrected chi connectivity index (χ1v) is 8.25. The van der Waals surface area contributed by atoms with Gasteiger partial charge in [0.25, 0.3) is 0 Å². The highest BCUT2D eigenvalue weighted by Crippen LogP contribution is 2.27. The maximum absolute atomic E-state index is 12.2. The van der Waals surface area contributed by atoms with Gasteiger partial charge in [0, 0.05) is 12.4 Å². The van der Waals surface area contributed by atoms with Crippen LogP contribution in [0.1, 0.15) is 38.5 Å². The second kappa shape index (κ2) is 8.80. The molecule has 0 aliphatic heterocycles. The summed E-state index contributed by atoms with van der Waals surface area (Å²) in [6, 6.07) is 5.01. The van der Waals surface area contributed by atoms with Crippen LogP contribution in [0.15, 0.2) is 36.8 Å². The van der Waals surface area contributed by atoms with Crippen LogP contribution in [0.25, 0.3) is 5.82 Å². The number of aromatic nitrogens is 3. The number of nitrogens with zero attached hydrogens (tertiary/aromatic N) is 3. The fourth-order valence-corrected chi connectivity index (χ4v) is 3.12. The first-order valence-electron chi connectivity index (χ1n) is 8.25. The predicted octanol–water partition coefficient (Wildman–Crippen LogP) is 2.93. The van der Waals surface area contributed by atoms with E-state index in [-0.39, 0.29) is 18.3 Å². The molecule has 0 saturated heterocycles. The normalized spacial score (nSPS) is 16.2. The molecule has 7 heteroatoms. The lowest BCUT2D eigenvalue weighted by atomic mass is 9.85. The number of rotatable bonds is 5. The summed E-state index contributed by atoms with van der Waals surface area (Å²) in [6.07, 6.45) is 12.1. The first kappa shape index (κ1) is 18.4. The molecule has 130 valence electrons. The Bertz CT molecular complexity index is 623. The van der Waals surface area contributed by atoms with Gasteiger partial charge in [-0.3, -0.25) is 4.79 Å². The number of anilines is 1. The number of carbonyl (C=O) groups is 1. The minimum atomic E-state index is -0.455. The summed E-state index contributed by atoms with van der Waals surface area (Å²) in [4.78, 5) is 16.5. The maximum atomic E-state index is 12.2. The number of hydrogen-bond donors (Lipinski definition) is 2. The zero-order chi connectivity index (χ0) is 16.1. The summed E-state index contributed by atoms with van der Waals surface area (Å²) >= 11 is 0.